The van der Waals surface area contributed by atoms with Crippen molar-refractivity contribution in [2.45, 2.75) is 25.7 Å². The summed E-state index contributed by atoms with van der Waals surface area (Å²) in [6.45, 7) is 0.686. The Hall–Kier alpha value is -0.0800. The van der Waals surface area contributed by atoms with Gasteiger partial charge < -0.3 is 9.84 Å². The van der Waals surface area contributed by atoms with E-state index in [1.807, 2.05) is 0 Å². The maximum atomic E-state index is 8.47. The number of fused-ring (bicyclic) bond motifs is 2. The van der Waals surface area contributed by atoms with Crippen LogP contribution in [0.4, 0.5) is 0 Å². The third-order valence-electron chi connectivity index (χ3n) is 3.31. The van der Waals surface area contributed by atoms with Crippen molar-refractivity contribution in [1.29, 1.82) is 0 Å². The van der Waals surface area contributed by atoms with Crippen LogP contribution in [0.5, 0.6) is 0 Å². The minimum Gasteiger partial charge on any atom is -0.371 e. The predicted octanol–water partition coefficient (Wildman–Crippen LogP) is 1.39. The van der Waals surface area contributed by atoms with Crippen LogP contribution in [-0.4, -0.2) is 18.5 Å². The highest BCUT2D eigenvalue weighted by molar-refractivity contribution is 4.89. The molecule has 1 N–H and O–H groups in total. The van der Waals surface area contributed by atoms with Crippen molar-refractivity contribution in [3.8, 4) is 0 Å². The first-order valence-corrected chi connectivity index (χ1v) is 4.58. The maximum absolute atomic E-state index is 8.47. The van der Waals surface area contributed by atoms with E-state index in [0.717, 1.165) is 24.4 Å². The molecule has 0 radical (unpaired) electrons. The van der Waals surface area contributed by atoms with E-state index >= 15 is 0 Å². The molecule has 2 aliphatic carbocycles. The lowest BCUT2D eigenvalue weighted by molar-refractivity contribution is -0.0252. The standard InChI is InChI=1S/C9H16O2/c10-6-11-5-9-4-7-1-2-8(9)3-7/h7-10H,1-6H2. The van der Waals surface area contributed by atoms with Gasteiger partial charge in [-0.15, -0.1) is 0 Å². The highest BCUT2D eigenvalue weighted by Crippen LogP contribution is 2.48. The lowest BCUT2D eigenvalue weighted by atomic mass is 9.90. The van der Waals surface area contributed by atoms with Gasteiger partial charge in [0, 0.05) is 0 Å². The monoisotopic (exact) mass is 156 g/mol. The van der Waals surface area contributed by atoms with Gasteiger partial charge in [-0.05, 0) is 37.0 Å². The molecule has 2 saturated carbocycles. The van der Waals surface area contributed by atoms with Crippen molar-refractivity contribution in [2.24, 2.45) is 17.8 Å². The lowest BCUT2D eigenvalue weighted by Gasteiger charge is -2.20. The second-order valence-electron chi connectivity index (χ2n) is 3.93. The predicted molar refractivity (Wildman–Crippen MR) is 42.0 cm³/mol. The van der Waals surface area contributed by atoms with Crippen LogP contribution in [0, 0.1) is 17.8 Å². The van der Waals surface area contributed by atoms with Gasteiger partial charge in [-0.3, -0.25) is 0 Å². The van der Waals surface area contributed by atoms with Crippen LogP contribution in [0.1, 0.15) is 25.7 Å². The number of rotatable bonds is 3. The van der Waals surface area contributed by atoms with E-state index in [-0.39, 0.29) is 6.79 Å². The highest BCUT2D eigenvalue weighted by Gasteiger charge is 2.39. The third kappa shape index (κ3) is 1.42. The molecule has 11 heavy (non-hydrogen) atoms. The molecule has 2 rings (SSSR count). The Morgan fingerprint density at radius 3 is 2.73 bits per heavy atom. The zero-order valence-electron chi connectivity index (χ0n) is 6.83. The molecule has 0 aliphatic heterocycles. The molecule has 2 bridgehead atoms. The molecule has 2 heteroatoms. The molecule has 0 saturated heterocycles. The lowest BCUT2D eigenvalue weighted by Crippen LogP contribution is -2.16. The summed E-state index contributed by atoms with van der Waals surface area (Å²) in [6, 6.07) is 0. The van der Waals surface area contributed by atoms with Gasteiger partial charge in [0.05, 0.1) is 6.61 Å². The molecule has 0 aromatic rings. The summed E-state index contributed by atoms with van der Waals surface area (Å²) in [5.41, 5.74) is 0. The van der Waals surface area contributed by atoms with Crippen LogP contribution >= 0.6 is 0 Å². The van der Waals surface area contributed by atoms with Crippen LogP contribution in [0.15, 0.2) is 0 Å². The van der Waals surface area contributed by atoms with E-state index in [4.69, 9.17) is 9.84 Å². The van der Waals surface area contributed by atoms with Crippen molar-refractivity contribution < 1.29 is 9.84 Å². The first-order valence-electron chi connectivity index (χ1n) is 4.58. The Bertz CT molecular complexity index is 136. The van der Waals surface area contributed by atoms with Crippen molar-refractivity contribution in [1.82, 2.24) is 0 Å². The van der Waals surface area contributed by atoms with E-state index in [9.17, 15) is 0 Å². The molecule has 0 heterocycles. The van der Waals surface area contributed by atoms with Crippen molar-refractivity contribution >= 4 is 0 Å². The average Bonchev–Trinajstić information content (AvgIpc) is 2.60. The summed E-state index contributed by atoms with van der Waals surface area (Å²) in [4.78, 5) is 0. The summed E-state index contributed by atoms with van der Waals surface area (Å²) in [5, 5.41) is 8.47. The zero-order valence-corrected chi connectivity index (χ0v) is 6.83. The summed E-state index contributed by atoms with van der Waals surface area (Å²) in [5.74, 6) is 2.68. The quantitative estimate of drug-likeness (QED) is 0.626. The van der Waals surface area contributed by atoms with Gasteiger partial charge in [-0.1, -0.05) is 6.42 Å². The molecule has 64 valence electrons. The van der Waals surface area contributed by atoms with Gasteiger partial charge in [0.25, 0.3) is 0 Å². The molecule has 0 spiro atoms. The summed E-state index contributed by atoms with van der Waals surface area (Å²) < 4.78 is 5.03. The highest BCUT2D eigenvalue weighted by atomic mass is 16.6. The van der Waals surface area contributed by atoms with Crippen molar-refractivity contribution in [3.05, 3.63) is 0 Å². The second kappa shape index (κ2) is 3.11. The first kappa shape index (κ1) is 7.56. The Morgan fingerprint density at radius 1 is 1.27 bits per heavy atom. The summed E-state index contributed by atoms with van der Waals surface area (Å²) in [6.07, 6.45) is 5.63. The van der Waals surface area contributed by atoms with Crippen LogP contribution in [-0.2, 0) is 4.74 Å². The Labute approximate surface area is 67.6 Å². The molecule has 0 aromatic carbocycles. The van der Waals surface area contributed by atoms with Crippen LogP contribution in [0.2, 0.25) is 0 Å². The summed E-state index contributed by atoms with van der Waals surface area (Å²) >= 11 is 0. The fourth-order valence-electron chi connectivity index (χ4n) is 2.78. The fourth-order valence-corrected chi connectivity index (χ4v) is 2.78. The largest absolute Gasteiger partial charge is 0.371 e. The Balaban J connectivity index is 1.78. The van der Waals surface area contributed by atoms with Gasteiger partial charge in [-0.25, -0.2) is 0 Å². The van der Waals surface area contributed by atoms with Crippen LogP contribution in [0.25, 0.3) is 0 Å². The van der Waals surface area contributed by atoms with Crippen LogP contribution in [0.3, 0.4) is 0 Å². The van der Waals surface area contributed by atoms with E-state index < -0.39 is 0 Å². The molecular weight excluding hydrogens is 140 g/mol. The Kier molecular flexibility index (Phi) is 2.14. The fraction of sp³-hybridized carbons (Fsp3) is 1.00. The summed E-state index contributed by atoms with van der Waals surface area (Å²) in [7, 11) is 0. The molecule has 0 aromatic heterocycles. The molecule has 3 unspecified atom stereocenters. The maximum Gasteiger partial charge on any atom is 0.143 e. The molecule has 0 amide bonds. The van der Waals surface area contributed by atoms with Crippen molar-refractivity contribution in [2.75, 3.05) is 13.4 Å². The van der Waals surface area contributed by atoms with Crippen molar-refractivity contribution in [3.63, 3.8) is 0 Å². The SMILES string of the molecule is OCOCC1CC2CCC1C2. The average molecular weight is 156 g/mol. The van der Waals surface area contributed by atoms with E-state index in [0.29, 0.717) is 0 Å². The van der Waals surface area contributed by atoms with E-state index in [1.165, 1.54) is 25.7 Å². The van der Waals surface area contributed by atoms with E-state index in [2.05, 4.69) is 0 Å². The van der Waals surface area contributed by atoms with Gasteiger partial charge in [0.15, 0.2) is 0 Å². The number of aliphatic hydroxyl groups excluding tert-OH is 1. The zero-order chi connectivity index (χ0) is 7.68. The minimum atomic E-state index is -0.103. The Morgan fingerprint density at radius 2 is 2.18 bits per heavy atom. The molecular formula is C9H16O2. The number of ether oxygens (including phenoxy) is 1. The minimum absolute atomic E-state index is 0.103. The van der Waals surface area contributed by atoms with Crippen LogP contribution < -0.4 is 0 Å². The molecule has 2 nitrogen and oxygen atoms in total. The van der Waals surface area contributed by atoms with Gasteiger partial charge >= 0.3 is 0 Å². The molecule has 3 atom stereocenters. The smallest absolute Gasteiger partial charge is 0.143 e. The third-order valence-corrected chi connectivity index (χ3v) is 3.31. The number of aliphatic hydroxyl groups is 1. The van der Waals surface area contributed by atoms with Gasteiger partial charge in [0.2, 0.25) is 0 Å². The molecule has 2 fully saturated rings. The molecule has 2 aliphatic rings. The van der Waals surface area contributed by atoms with Gasteiger partial charge in [0.1, 0.15) is 6.79 Å². The van der Waals surface area contributed by atoms with Gasteiger partial charge in [-0.2, -0.15) is 0 Å². The van der Waals surface area contributed by atoms with E-state index in [1.54, 1.807) is 0 Å². The number of hydrogen-bond donors (Lipinski definition) is 1. The topological polar surface area (TPSA) is 29.5 Å². The second-order valence-corrected chi connectivity index (χ2v) is 3.93. The normalized spacial score (nSPS) is 41.7. The number of hydrogen-bond acceptors (Lipinski definition) is 2. The first-order chi connectivity index (χ1) is 5.40.